The Morgan fingerprint density at radius 2 is 2.03 bits per heavy atom. The molecular formula is C23H22BrN5O3S2. The molecule has 0 radical (unpaired) electrons. The number of primary amides is 1. The highest BCUT2D eigenvalue weighted by molar-refractivity contribution is 9.11. The van der Waals surface area contributed by atoms with Gasteiger partial charge in [-0.05, 0) is 84.1 Å². The molecule has 4 aromatic rings. The summed E-state index contributed by atoms with van der Waals surface area (Å²) < 4.78 is 29.1. The number of amides is 1. The Labute approximate surface area is 210 Å². The van der Waals surface area contributed by atoms with Crippen LogP contribution in [0.4, 0.5) is 5.00 Å². The van der Waals surface area contributed by atoms with Gasteiger partial charge in [0.25, 0.3) is 0 Å². The first-order valence-corrected chi connectivity index (χ1v) is 13.6. The van der Waals surface area contributed by atoms with Gasteiger partial charge in [-0.15, -0.1) is 11.3 Å². The summed E-state index contributed by atoms with van der Waals surface area (Å²) in [4.78, 5) is 21.1. The van der Waals surface area contributed by atoms with Gasteiger partial charge in [-0.25, -0.2) is 13.4 Å². The van der Waals surface area contributed by atoms with Crippen LogP contribution < -0.4 is 10.0 Å². The smallest absolute Gasteiger partial charge is 0.248 e. The van der Waals surface area contributed by atoms with Crippen LogP contribution >= 0.6 is 27.3 Å². The number of thiophene rings is 1. The van der Waals surface area contributed by atoms with Gasteiger partial charge in [0.05, 0.1) is 14.8 Å². The zero-order chi connectivity index (χ0) is 23.8. The van der Waals surface area contributed by atoms with Gasteiger partial charge in [-0.2, -0.15) is 0 Å². The SMILES string of the molecule is NC(=O)c1ccc2c(c1)nc(-c1ccccn1)n2C1CCCC(N(c2ccc(Br)s2)[SH](=O)=O)C1. The van der Waals surface area contributed by atoms with E-state index in [0.29, 0.717) is 28.3 Å². The summed E-state index contributed by atoms with van der Waals surface area (Å²) in [6, 6.07) is 14.5. The van der Waals surface area contributed by atoms with Crippen molar-refractivity contribution in [3.8, 4) is 11.5 Å². The highest BCUT2D eigenvalue weighted by atomic mass is 79.9. The van der Waals surface area contributed by atoms with E-state index in [4.69, 9.17) is 10.7 Å². The largest absolute Gasteiger partial charge is 0.366 e. The third-order valence-corrected chi connectivity index (χ3v) is 8.81. The van der Waals surface area contributed by atoms with E-state index < -0.39 is 16.8 Å². The lowest BCUT2D eigenvalue weighted by molar-refractivity contribution is 0.100. The van der Waals surface area contributed by atoms with Crippen molar-refractivity contribution in [1.29, 1.82) is 0 Å². The molecule has 11 heteroatoms. The van der Waals surface area contributed by atoms with E-state index >= 15 is 0 Å². The minimum Gasteiger partial charge on any atom is -0.366 e. The molecule has 1 amide bonds. The summed E-state index contributed by atoms with van der Waals surface area (Å²) in [6.07, 6.45) is 4.91. The Bertz CT molecular complexity index is 1430. The molecule has 1 aromatic carbocycles. The molecule has 2 unspecified atom stereocenters. The monoisotopic (exact) mass is 559 g/mol. The Kier molecular flexibility index (Phi) is 6.41. The second-order valence-electron chi connectivity index (χ2n) is 8.22. The summed E-state index contributed by atoms with van der Waals surface area (Å²) in [5.74, 6) is 0.186. The lowest BCUT2D eigenvalue weighted by Crippen LogP contribution is -2.38. The molecule has 1 fully saturated rings. The number of carbonyl (C=O) groups is 1. The van der Waals surface area contributed by atoms with E-state index in [1.807, 2.05) is 36.4 Å². The number of hydrogen-bond donors (Lipinski definition) is 2. The van der Waals surface area contributed by atoms with Crippen LogP contribution in [0.15, 0.2) is 58.5 Å². The van der Waals surface area contributed by atoms with Crippen molar-refractivity contribution in [3.63, 3.8) is 0 Å². The normalized spacial score (nSPS) is 18.4. The predicted octanol–water partition coefficient (Wildman–Crippen LogP) is 4.54. The Hall–Kier alpha value is -2.76. The fourth-order valence-electron chi connectivity index (χ4n) is 4.71. The van der Waals surface area contributed by atoms with Gasteiger partial charge in [0.1, 0.15) is 10.7 Å². The Balaban J connectivity index is 1.59. The summed E-state index contributed by atoms with van der Waals surface area (Å²) in [7, 11) is -2.79. The van der Waals surface area contributed by atoms with E-state index in [1.165, 1.54) is 15.6 Å². The first kappa shape index (κ1) is 23.0. The van der Waals surface area contributed by atoms with Crippen LogP contribution in [0.2, 0.25) is 0 Å². The van der Waals surface area contributed by atoms with E-state index in [1.54, 1.807) is 18.3 Å². The van der Waals surface area contributed by atoms with Crippen molar-refractivity contribution < 1.29 is 13.2 Å². The second-order valence-corrected chi connectivity index (χ2v) is 11.6. The molecule has 2 N–H and O–H groups in total. The maximum Gasteiger partial charge on any atom is 0.248 e. The van der Waals surface area contributed by atoms with Gasteiger partial charge in [-0.1, -0.05) is 6.07 Å². The van der Waals surface area contributed by atoms with E-state index in [-0.39, 0.29) is 12.1 Å². The van der Waals surface area contributed by atoms with E-state index in [2.05, 4.69) is 25.5 Å². The number of rotatable bonds is 6. The van der Waals surface area contributed by atoms with Gasteiger partial charge in [0.2, 0.25) is 16.8 Å². The number of aromatic nitrogens is 3. The number of carbonyl (C=O) groups excluding carboxylic acids is 1. The molecule has 176 valence electrons. The number of thiol groups is 1. The Morgan fingerprint density at radius 3 is 2.71 bits per heavy atom. The molecule has 0 spiro atoms. The zero-order valence-corrected chi connectivity index (χ0v) is 21.3. The van der Waals surface area contributed by atoms with E-state index in [9.17, 15) is 13.2 Å². The standard InChI is InChI=1S/C23H22BrN5O3S2/c24-20-9-10-21(33-20)29(34(31)32)16-5-3-4-15(13-16)28-19-8-7-14(22(25)30)12-18(19)27-23(28)17-6-1-2-11-26-17/h1-2,6-12,15-16,34H,3-5,13H2,(H2,25,30). The molecule has 8 nitrogen and oxygen atoms in total. The highest BCUT2D eigenvalue weighted by Gasteiger charge is 2.32. The molecule has 3 heterocycles. The number of imidazole rings is 1. The van der Waals surface area contributed by atoms with Crippen LogP contribution in [0, 0.1) is 0 Å². The van der Waals surface area contributed by atoms with Gasteiger partial charge in [0.15, 0.2) is 5.82 Å². The van der Waals surface area contributed by atoms with Crippen LogP contribution in [0.3, 0.4) is 0 Å². The third kappa shape index (κ3) is 4.35. The van der Waals surface area contributed by atoms with Crippen molar-refractivity contribution in [1.82, 2.24) is 14.5 Å². The second kappa shape index (κ2) is 9.47. The molecule has 2 atom stereocenters. The molecular weight excluding hydrogens is 538 g/mol. The van der Waals surface area contributed by atoms with Crippen molar-refractivity contribution >= 4 is 60.1 Å². The van der Waals surface area contributed by atoms with Gasteiger partial charge >= 0.3 is 0 Å². The molecule has 0 bridgehead atoms. The van der Waals surface area contributed by atoms with E-state index in [0.717, 1.165) is 34.3 Å². The van der Waals surface area contributed by atoms with Crippen LogP contribution in [0.1, 0.15) is 42.1 Å². The molecule has 34 heavy (non-hydrogen) atoms. The van der Waals surface area contributed by atoms with Crippen LogP contribution in [0.5, 0.6) is 0 Å². The highest BCUT2D eigenvalue weighted by Crippen LogP contribution is 2.40. The average Bonchev–Trinajstić information content (AvgIpc) is 3.42. The topological polar surface area (TPSA) is 111 Å². The lowest BCUT2D eigenvalue weighted by atomic mass is 9.90. The minimum atomic E-state index is -2.79. The first-order valence-electron chi connectivity index (χ1n) is 10.8. The number of anilines is 1. The predicted molar refractivity (Wildman–Crippen MR) is 138 cm³/mol. The van der Waals surface area contributed by atoms with Crippen LogP contribution in [-0.4, -0.2) is 34.9 Å². The maximum atomic E-state index is 12.3. The number of benzene rings is 1. The fourth-order valence-corrected chi connectivity index (χ4v) is 7.09. The molecule has 1 saturated carbocycles. The number of pyridine rings is 1. The summed E-state index contributed by atoms with van der Waals surface area (Å²) in [5.41, 5.74) is 8.13. The van der Waals surface area contributed by atoms with Crippen molar-refractivity contribution in [2.75, 3.05) is 4.31 Å². The quantitative estimate of drug-likeness (QED) is 0.337. The lowest BCUT2D eigenvalue weighted by Gasteiger charge is -2.35. The van der Waals surface area contributed by atoms with Gasteiger partial charge in [-0.3, -0.25) is 14.1 Å². The first-order chi connectivity index (χ1) is 16.4. The summed E-state index contributed by atoms with van der Waals surface area (Å²) in [5, 5.41) is 0.708. The molecule has 1 aliphatic carbocycles. The molecule has 3 aromatic heterocycles. The van der Waals surface area contributed by atoms with Crippen molar-refractivity contribution in [2.45, 2.75) is 37.8 Å². The molecule has 5 rings (SSSR count). The number of halogens is 1. The molecule has 1 aliphatic rings. The summed E-state index contributed by atoms with van der Waals surface area (Å²) in [6.45, 7) is 0. The van der Waals surface area contributed by atoms with Crippen molar-refractivity contribution in [2.24, 2.45) is 5.73 Å². The van der Waals surface area contributed by atoms with Crippen LogP contribution in [-0.2, 0) is 10.9 Å². The summed E-state index contributed by atoms with van der Waals surface area (Å²) >= 11 is 4.85. The average molecular weight is 560 g/mol. The number of hydrogen-bond acceptors (Lipinski definition) is 6. The third-order valence-electron chi connectivity index (χ3n) is 6.16. The maximum absolute atomic E-state index is 12.3. The molecule has 0 saturated heterocycles. The van der Waals surface area contributed by atoms with Crippen molar-refractivity contribution in [3.05, 3.63) is 64.1 Å². The number of nitrogens with two attached hydrogens (primary N) is 1. The van der Waals surface area contributed by atoms with Gasteiger partial charge in [0, 0.05) is 23.8 Å². The fraction of sp³-hybridized carbons (Fsp3) is 0.261. The van der Waals surface area contributed by atoms with Crippen LogP contribution in [0.25, 0.3) is 22.6 Å². The minimum absolute atomic E-state index is 0.0148. The van der Waals surface area contributed by atoms with Gasteiger partial charge < -0.3 is 10.3 Å². The zero-order valence-electron chi connectivity index (χ0n) is 18.0. The number of fused-ring (bicyclic) bond motifs is 1. The molecule has 0 aliphatic heterocycles. The number of nitrogens with zero attached hydrogens (tertiary/aromatic N) is 4. The Morgan fingerprint density at radius 1 is 1.18 bits per heavy atom.